The summed E-state index contributed by atoms with van der Waals surface area (Å²) < 4.78 is 10.2. The number of ketones is 1. The van der Waals surface area contributed by atoms with Gasteiger partial charge in [-0.05, 0) is 40.0 Å². The third kappa shape index (κ3) is 5.40. The highest BCUT2D eigenvalue weighted by Crippen LogP contribution is 2.47. The maximum absolute atomic E-state index is 12.1. The number of aliphatic hydroxyl groups excluding tert-OH is 1. The van der Waals surface area contributed by atoms with Gasteiger partial charge in [-0.15, -0.1) is 0 Å². The van der Waals surface area contributed by atoms with Gasteiger partial charge in [0.05, 0.1) is 6.42 Å². The van der Waals surface area contributed by atoms with Crippen LogP contribution < -0.4 is 0 Å². The molecule has 1 aliphatic carbocycles. The number of Topliss-reactive ketones (excluding diaryl/α,β-unsaturated/α-hetero) is 1. The van der Waals surface area contributed by atoms with Crippen LogP contribution in [0.15, 0.2) is 0 Å². The van der Waals surface area contributed by atoms with E-state index in [0.29, 0.717) is 25.9 Å². The van der Waals surface area contributed by atoms with Crippen LogP contribution >= 0.6 is 0 Å². The topological polar surface area (TPSA) is 72.8 Å². The van der Waals surface area contributed by atoms with Gasteiger partial charge in [-0.3, -0.25) is 9.59 Å². The van der Waals surface area contributed by atoms with E-state index in [1.165, 1.54) is 0 Å². The van der Waals surface area contributed by atoms with Crippen LogP contribution in [0.1, 0.15) is 59.3 Å². The van der Waals surface area contributed by atoms with E-state index in [1.54, 1.807) is 7.11 Å². The van der Waals surface area contributed by atoms with Gasteiger partial charge in [0.2, 0.25) is 0 Å². The van der Waals surface area contributed by atoms with Crippen LogP contribution in [0.25, 0.3) is 0 Å². The number of hydrogen-bond acceptors (Lipinski definition) is 5. The first-order valence-electron chi connectivity index (χ1n) is 7.62. The number of rotatable bonds is 8. The van der Waals surface area contributed by atoms with Crippen LogP contribution in [-0.2, 0) is 19.1 Å². The zero-order chi connectivity index (χ0) is 16.1. The summed E-state index contributed by atoms with van der Waals surface area (Å²) in [5, 5.41) is 10.3. The molecule has 0 saturated heterocycles. The van der Waals surface area contributed by atoms with Crippen molar-refractivity contribution in [2.75, 3.05) is 13.7 Å². The zero-order valence-electron chi connectivity index (χ0n) is 13.6. The second-order valence-electron chi connectivity index (χ2n) is 6.94. The molecule has 1 fully saturated rings. The third-order valence-corrected chi connectivity index (χ3v) is 3.92. The average molecular weight is 300 g/mol. The molecule has 0 aromatic rings. The van der Waals surface area contributed by atoms with Gasteiger partial charge in [-0.25, -0.2) is 0 Å². The van der Waals surface area contributed by atoms with Crippen molar-refractivity contribution in [3.05, 3.63) is 0 Å². The summed E-state index contributed by atoms with van der Waals surface area (Å²) in [6, 6.07) is 0. The van der Waals surface area contributed by atoms with Crippen molar-refractivity contribution in [1.29, 1.82) is 0 Å². The Kier molecular flexibility index (Phi) is 6.35. The SMILES string of the molecule is COCCCC(=O)C(O)C1(CC(=O)OC(C)(C)C)CCC1. The van der Waals surface area contributed by atoms with Gasteiger partial charge >= 0.3 is 5.97 Å². The fourth-order valence-electron chi connectivity index (χ4n) is 2.71. The molecule has 1 N–H and O–H groups in total. The summed E-state index contributed by atoms with van der Waals surface area (Å²) in [5.74, 6) is -0.541. The summed E-state index contributed by atoms with van der Waals surface area (Å²) in [7, 11) is 1.58. The van der Waals surface area contributed by atoms with E-state index >= 15 is 0 Å². The predicted molar refractivity (Wildman–Crippen MR) is 78.9 cm³/mol. The van der Waals surface area contributed by atoms with E-state index in [0.717, 1.165) is 6.42 Å². The minimum Gasteiger partial charge on any atom is -0.460 e. The number of methoxy groups -OCH3 is 1. The van der Waals surface area contributed by atoms with Gasteiger partial charge in [0.25, 0.3) is 0 Å². The van der Waals surface area contributed by atoms with Gasteiger partial charge < -0.3 is 14.6 Å². The molecule has 122 valence electrons. The van der Waals surface area contributed by atoms with E-state index in [2.05, 4.69) is 0 Å². The Hall–Kier alpha value is -0.940. The zero-order valence-corrected chi connectivity index (χ0v) is 13.6. The number of carbonyl (C=O) groups is 2. The molecular weight excluding hydrogens is 272 g/mol. The van der Waals surface area contributed by atoms with E-state index in [9.17, 15) is 14.7 Å². The third-order valence-electron chi connectivity index (χ3n) is 3.92. The molecule has 1 unspecified atom stereocenters. The quantitative estimate of drug-likeness (QED) is 0.550. The summed E-state index contributed by atoms with van der Waals surface area (Å²) in [5.41, 5.74) is -1.16. The first kappa shape index (κ1) is 18.1. The van der Waals surface area contributed by atoms with Crippen LogP contribution in [0.2, 0.25) is 0 Å². The molecule has 1 saturated carbocycles. The fourth-order valence-corrected chi connectivity index (χ4v) is 2.71. The Balaban J connectivity index is 2.58. The molecule has 0 heterocycles. The molecule has 0 aliphatic heterocycles. The maximum atomic E-state index is 12.1. The predicted octanol–water partition coefficient (Wildman–Crippen LogP) is 2.25. The minimum atomic E-state index is -1.07. The number of carbonyl (C=O) groups excluding carboxylic acids is 2. The van der Waals surface area contributed by atoms with Crippen LogP contribution in [0, 0.1) is 5.41 Å². The van der Waals surface area contributed by atoms with Crippen molar-refractivity contribution in [1.82, 2.24) is 0 Å². The molecular formula is C16H28O5. The van der Waals surface area contributed by atoms with Gasteiger partial charge in [0, 0.05) is 25.6 Å². The molecule has 21 heavy (non-hydrogen) atoms. The highest BCUT2D eigenvalue weighted by Gasteiger charge is 2.48. The Labute approximate surface area is 127 Å². The number of ether oxygens (including phenoxy) is 2. The molecule has 1 aliphatic rings. The van der Waals surface area contributed by atoms with E-state index < -0.39 is 17.1 Å². The molecule has 0 amide bonds. The smallest absolute Gasteiger partial charge is 0.306 e. The summed E-state index contributed by atoms with van der Waals surface area (Å²) in [6.07, 6.45) is 2.25. The molecule has 0 bridgehead atoms. The lowest BCUT2D eigenvalue weighted by atomic mass is 9.62. The Morgan fingerprint density at radius 2 is 1.90 bits per heavy atom. The normalized spacial score (nSPS) is 18.7. The average Bonchev–Trinajstić information content (AvgIpc) is 2.31. The van der Waals surface area contributed by atoms with E-state index in [-0.39, 0.29) is 24.6 Å². The number of hydrogen-bond donors (Lipinski definition) is 1. The molecule has 0 radical (unpaired) electrons. The molecule has 1 rings (SSSR count). The van der Waals surface area contributed by atoms with Crippen LogP contribution in [0.4, 0.5) is 0 Å². The second-order valence-corrected chi connectivity index (χ2v) is 6.94. The highest BCUT2D eigenvalue weighted by atomic mass is 16.6. The molecule has 1 atom stereocenters. The molecule has 0 aromatic heterocycles. The maximum Gasteiger partial charge on any atom is 0.306 e. The van der Waals surface area contributed by atoms with Gasteiger partial charge in [-0.1, -0.05) is 6.42 Å². The van der Waals surface area contributed by atoms with Crippen LogP contribution in [0.3, 0.4) is 0 Å². The second kappa shape index (κ2) is 7.36. The fraction of sp³-hybridized carbons (Fsp3) is 0.875. The molecule has 5 heteroatoms. The van der Waals surface area contributed by atoms with Crippen molar-refractivity contribution >= 4 is 11.8 Å². The van der Waals surface area contributed by atoms with E-state index in [1.807, 2.05) is 20.8 Å². The summed E-state index contributed by atoms with van der Waals surface area (Å²) in [6.45, 7) is 5.93. The minimum absolute atomic E-state index is 0.113. The molecule has 5 nitrogen and oxygen atoms in total. The lowest BCUT2D eigenvalue weighted by Crippen LogP contribution is -2.48. The Morgan fingerprint density at radius 1 is 1.29 bits per heavy atom. The highest BCUT2D eigenvalue weighted by molar-refractivity contribution is 5.85. The van der Waals surface area contributed by atoms with Crippen molar-refractivity contribution in [2.45, 2.75) is 71.0 Å². The number of esters is 1. The van der Waals surface area contributed by atoms with Crippen molar-refractivity contribution in [3.63, 3.8) is 0 Å². The van der Waals surface area contributed by atoms with Crippen LogP contribution in [-0.4, -0.2) is 42.3 Å². The van der Waals surface area contributed by atoms with Crippen molar-refractivity contribution in [2.24, 2.45) is 5.41 Å². The lowest BCUT2D eigenvalue weighted by molar-refractivity contribution is -0.165. The van der Waals surface area contributed by atoms with Gasteiger partial charge in [0.1, 0.15) is 11.7 Å². The first-order valence-corrected chi connectivity index (χ1v) is 7.62. The number of aliphatic hydroxyl groups is 1. The largest absolute Gasteiger partial charge is 0.460 e. The summed E-state index contributed by atoms with van der Waals surface area (Å²) in [4.78, 5) is 24.1. The van der Waals surface area contributed by atoms with Crippen molar-refractivity contribution in [3.8, 4) is 0 Å². The molecule has 0 spiro atoms. The Morgan fingerprint density at radius 3 is 2.33 bits per heavy atom. The van der Waals surface area contributed by atoms with Gasteiger partial charge in [0.15, 0.2) is 5.78 Å². The molecule has 0 aromatic carbocycles. The monoisotopic (exact) mass is 300 g/mol. The summed E-state index contributed by atoms with van der Waals surface area (Å²) >= 11 is 0. The lowest BCUT2D eigenvalue weighted by Gasteiger charge is -2.44. The van der Waals surface area contributed by atoms with E-state index in [4.69, 9.17) is 9.47 Å². The van der Waals surface area contributed by atoms with Gasteiger partial charge in [-0.2, -0.15) is 0 Å². The van der Waals surface area contributed by atoms with Crippen molar-refractivity contribution < 1.29 is 24.2 Å². The van der Waals surface area contributed by atoms with Crippen LogP contribution in [0.5, 0.6) is 0 Å². The Bertz CT molecular complexity index is 365. The standard InChI is InChI=1S/C16H28O5/c1-15(2,3)21-13(18)11-16(8-6-9-16)14(19)12(17)7-5-10-20-4/h14,19H,5-11H2,1-4H3. The first-order chi connectivity index (χ1) is 9.70.